The number of halogens is 6. The molecule has 0 aliphatic heterocycles. The van der Waals surface area contributed by atoms with Gasteiger partial charge >= 0.3 is 11.9 Å². The van der Waals surface area contributed by atoms with Gasteiger partial charge in [-0.2, -0.15) is 0 Å². The van der Waals surface area contributed by atoms with Gasteiger partial charge in [0.2, 0.25) is 11.8 Å². The van der Waals surface area contributed by atoms with Crippen molar-refractivity contribution in [3.8, 4) is 11.5 Å². The normalized spacial score (nSPS) is 10.6. The first-order chi connectivity index (χ1) is 24.6. The van der Waals surface area contributed by atoms with E-state index in [4.69, 9.17) is 60.6 Å². The van der Waals surface area contributed by atoms with Crippen LogP contribution in [0.1, 0.15) is 40.9 Å². The average molecular weight is 919 g/mol. The third kappa shape index (κ3) is 11.3. The molecule has 17 heteroatoms. The maximum atomic E-state index is 12.8. The van der Waals surface area contributed by atoms with Gasteiger partial charge in [0, 0.05) is 30.5 Å². The first-order valence-corrected chi connectivity index (χ1v) is 18.1. The van der Waals surface area contributed by atoms with Crippen LogP contribution in [0.4, 0.5) is 11.4 Å². The number of hydrogen-bond donors (Lipinski definition) is 3. The van der Waals surface area contributed by atoms with E-state index in [0.717, 1.165) is 0 Å². The Morgan fingerprint density at radius 2 is 1.15 bits per heavy atom. The van der Waals surface area contributed by atoms with Crippen molar-refractivity contribution >= 4 is 119 Å². The van der Waals surface area contributed by atoms with Crippen LogP contribution in [0.2, 0.25) is 20.1 Å². The number of nitrogens with one attached hydrogen (secondary N) is 3. The van der Waals surface area contributed by atoms with Crippen molar-refractivity contribution < 1.29 is 38.2 Å². The zero-order chi connectivity index (χ0) is 38.1. The minimum absolute atomic E-state index is 0.0123. The molecule has 0 bridgehead atoms. The van der Waals surface area contributed by atoms with Gasteiger partial charge in [-0.3, -0.25) is 19.2 Å². The molecule has 0 unspecified atom stereocenters. The molecule has 0 radical (unpaired) electrons. The number of anilines is 2. The van der Waals surface area contributed by atoms with Crippen LogP contribution in [0.15, 0.2) is 69.6 Å². The first kappa shape index (κ1) is 40.9. The van der Waals surface area contributed by atoms with Gasteiger partial charge in [-0.15, -0.1) is 0 Å². The van der Waals surface area contributed by atoms with Crippen LogP contribution in [0.25, 0.3) is 0 Å². The quantitative estimate of drug-likeness (QED) is 0.0890. The number of amides is 3. The molecule has 0 aliphatic carbocycles. The maximum Gasteiger partial charge on any atom is 0.333 e. The number of carbonyl (C=O) groups is 5. The summed E-state index contributed by atoms with van der Waals surface area (Å²) in [7, 11) is 0. The number of carbonyl (C=O) groups excluding carboxylic acids is 5. The summed E-state index contributed by atoms with van der Waals surface area (Å²) in [6, 6.07) is 16.0. The fourth-order valence-corrected chi connectivity index (χ4v) is 7.12. The summed E-state index contributed by atoms with van der Waals surface area (Å²) in [6.45, 7) is 2.15. The summed E-state index contributed by atoms with van der Waals surface area (Å²) in [4.78, 5) is 60.5. The van der Waals surface area contributed by atoms with Gasteiger partial charge in [-0.1, -0.05) is 70.7 Å². The molecular weight excluding hydrogens is 892 g/mol. The lowest BCUT2D eigenvalue weighted by molar-refractivity contribution is -0.158. The van der Waals surface area contributed by atoms with Gasteiger partial charge in [0.25, 0.3) is 5.91 Å². The Bertz CT molecular complexity index is 2020. The monoisotopic (exact) mass is 915 g/mol. The smallest absolute Gasteiger partial charge is 0.333 e. The van der Waals surface area contributed by atoms with Gasteiger partial charge < -0.3 is 30.2 Å². The molecule has 0 atom stereocenters. The molecule has 3 N–H and O–H groups in total. The lowest BCUT2D eigenvalue weighted by Crippen LogP contribution is -2.32. The topological polar surface area (TPSA) is 149 Å². The molecule has 11 nitrogen and oxygen atoms in total. The molecular formula is C35H27Br2Cl4N3O8. The molecule has 0 fully saturated rings. The molecule has 0 heterocycles. The number of rotatable bonds is 13. The standard InChI is InChI=1S/C35H27Br2Cl4N3O8/c1-17(45)43-27-7-3-5-20(31(27)40)15-50-33-23(36)9-19(10-24(33)37)11-29(47)52-30(48)14-42-35(49)22-12-25(38)34(26(39)13-22)51-16-21-6-4-8-28(32(21)41)44-18(2)46/h3-10,12-13H,11,14-16H2,1-2H3,(H,42,49)(H,43,45)(H,44,46). The van der Waals surface area contributed by atoms with E-state index in [1.165, 1.54) is 26.0 Å². The lowest BCUT2D eigenvalue weighted by atomic mass is 10.1. The third-order valence-electron chi connectivity index (χ3n) is 6.81. The van der Waals surface area contributed by atoms with Crippen molar-refractivity contribution in [3.05, 3.63) is 112 Å². The second-order valence-corrected chi connectivity index (χ2v) is 14.1. The fourth-order valence-electron chi connectivity index (χ4n) is 4.56. The molecule has 4 aromatic rings. The SMILES string of the molecule is CC(=O)Nc1cccc(COc2c(Cl)cc(C(=O)NCC(=O)OC(=O)Cc3cc(Br)c(OCc4cccc(NC(C)=O)c4Cl)c(Br)c3)cc2Cl)c1Cl. The summed E-state index contributed by atoms with van der Waals surface area (Å²) in [6.07, 6.45) is -0.267. The van der Waals surface area contributed by atoms with E-state index < -0.39 is 24.4 Å². The molecule has 272 valence electrons. The number of ether oxygens (including phenoxy) is 3. The molecule has 4 aromatic carbocycles. The minimum atomic E-state index is -0.995. The Hall–Kier alpha value is -3.85. The maximum absolute atomic E-state index is 12.8. The van der Waals surface area contributed by atoms with Crippen LogP contribution in [-0.2, 0) is 43.5 Å². The highest BCUT2D eigenvalue weighted by atomic mass is 79.9. The van der Waals surface area contributed by atoms with E-state index in [-0.39, 0.29) is 57.8 Å². The van der Waals surface area contributed by atoms with Gasteiger partial charge in [-0.25, -0.2) is 4.79 Å². The molecule has 0 spiro atoms. The van der Waals surface area contributed by atoms with E-state index in [1.807, 2.05) is 0 Å². The molecule has 3 amide bonds. The highest BCUT2D eigenvalue weighted by molar-refractivity contribution is 9.11. The Labute approximate surface area is 334 Å². The van der Waals surface area contributed by atoms with E-state index in [1.54, 1.807) is 48.5 Å². The predicted octanol–water partition coefficient (Wildman–Crippen LogP) is 8.94. The Balaban J connectivity index is 1.28. The van der Waals surface area contributed by atoms with Gasteiger partial charge in [0.1, 0.15) is 25.5 Å². The minimum Gasteiger partial charge on any atom is -0.486 e. The van der Waals surface area contributed by atoms with Gasteiger partial charge in [0.15, 0.2) is 5.75 Å². The molecule has 0 saturated carbocycles. The average Bonchev–Trinajstić information content (AvgIpc) is 3.05. The second-order valence-electron chi connectivity index (χ2n) is 10.9. The zero-order valence-corrected chi connectivity index (χ0v) is 33.3. The molecule has 4 rings (SSSR count). The van der Waals surface area contributed by atoms with Crippen molar-refractivity contribution in [1.29, 1.82) is 0 Å². The summed E-state index contributed by atoms with van der Waals surface area (Å²) in [5.41, 5.74) is 2.56. The number of esters is 2. The van der Waals surface area contributed by atoms with Gasteiger partial charge in [0.05, 0.1) is 46.8 Å². The number of hydrogen-bond acceptors (Lipinski definition) is 8. The van der Waals surface area contributed by atoms with Crippen LogP contribution in [0.5, 0.6) is 11.5 Å². The van der Waals surface area contributed by atoms with E-state index in [2.05, 4.69) is 47.8 Å². The Morgan fingerprint density at radius 1 is 0.673 bits per heavy atom. The van der Waals surface area contributed by atoms with Crippen LogP contribution < -0.4 is 25.4 Å². The molecule has 52 heavy (non-hydrogen) atoms. The van der Waals surface area contributed by atoms with Crippen LogP contribution in [0, 0.1) is 0 Å². The highest BCUT2D eigenvalue weighted by Gasteiger charge is 2.19. The third-order valence-corrected chi connectivity index (χ3v) is 9.44. The highest BCUT2D eigenvalue weighted by Crippen LogP contribution is 2.38. The lowest BCUT2D eigenvalue weighted by Gasteiger charge is -2.14. The van der Waals surface area contributed by atoms with E-state index in [9.17, 15) is 24.0 Å². The Kier molecular flexibility index (Phi) is 14.8. The van der Waals surface area contributed by atoms with Crippen LogP contribution >= 0.6 is 78.3 Å². The van der Waals surface area contributed by atoms with E-state index in [0.29, 0.717) is 47.8 Å². The predicted molar refractivity (Wildman–Crippen MR) is 206 cm³/mol. The zero-order valence-electron chi connectivity index (χ0n) is 27.1. The van der Waals surface area contributed by atoms with Gasteiger partial charge in [-0.05, 0) is 73.8 Å². The van der Waals surface area contributed by atoms with Crippen LogP contribution in [0.3, 0.4) is 0 Å². The fraction of sp³-hybridized carbons (Fsp3) is 0.171. The molecule has 0 saturated heterocycles. The first-order valence-electron chi connectivity index (χ1n) is 15.0. The van der Waals surface area contributed by atoms with Crippen molar-refractivity contribution in [2.24, 2.45) is 0 Å². The summed E-state index contributed by atoms with van der Waals surface area (Å²) in [5.74, 6) is -2.60. The molecule has 0 aliphatic rings. The van der Waals surface area contributed by atoms with E-state index >= 15 is 0 Å². The largest absolute Gasteiger partial charge is 0.486 e. The summed E-state index contributed by atoms with van der Waals surface area (Å²) >= 11 is 32.3. The summed E-state index contributed by atoms with van der Waals surface area (Å²) in [5, 5.41) is 8.28. The van der Waals surface area contributed by atoms with Crippen molar-refractivity contribution in [3.63, 3.8) is 0 Å². The van der Waals surface area contributed by atoms with Crippen LogP contribution in [-0.4, -0.2) is 36.2 Å². The Morgan fingerprint density at radius 3 is 1.63 bits per heavy atom. The molecule has 0 aromatic heterocycles. The van der Waals surface area contributed by atoms with Crippen molar-refractivity contribution in [1.82, 2.24) is 5.32 Å². The number of benzene rings is 4. The second kappa shape index (κ2) is 18.8. The van der Waals surface area contributed by atoms with Crippen molar-refractivity contribution in [2.75, 3.05) is 17.2 Å². The summed E-state index contributed by atoms with van der Waals surface area (Å²) < 4.78 is 17.6. The van der Waals surface area contributed by atoms with Crippen molar-refractivity contribution in [2.45, 2.75) is 33.5 Å².